The zero-order valence-electron chi connectivity index (χ0n) is 15.0. The number of ether oxygens (including phenoxy) is 1. The molecule has 4 rings (SSSR count). The summed E-state index contributed by atoms with van der Waals surface area (Å²) in [6.45, 7) is 3.73. The molecule has 0 aliphatic rings. The first kappa shape index (κ1) is 16.9. The number of hydrogen-bond acceptors (Lipinski definition) is 6. The largest absolute Gasteiger partial charge is 0.452 e. The molecule has 0 N–H and O–H groups in total. The van der Waals surface area contributed by atoms with Crippen LogP contribution in [0.15, 0.2) is 59.1 Å². The quantitative estimate of drug-likeness (QED) is 0.507. The summed E-state index contributed by atoms with van der Waals surface area (Å²) in [5.74, 6) is 0.256. The van der Waals surface area contributed by atoms with E-state index in [2.05, 4.69) is 15.1 Å². The predicted octanol–water partition coefficient (Wildman–Crippen LogP) is 4.26. The summed E-state index contributed by atoms with van der Waals surface area (Å²) in [4.78, 5) is 21.4. The van der Waals surface area contributed by atoms with E-state index in [1.807, 2.05) is 62.4 Å². The fraction of sp³-hybridized carbons (Fsp3) is 0.143. The summed E-state index contributed by atoms with van der Waals surface area (Å²) in [6.07, 6.45) is 0. The van der Waals surface area contributed by atoms with Crippen LogP contribution in [0.5, 0.6) is 0 Å². The molecule has 0 saturated heterocycles. The smallest absolute Gasteiger partial charge is 0.339 e. The number of hydrogen-bond donors (Lipinski definition) is 0. The molecule has 134 valence electrons. The molecule has 0 unspecified atom stereocenters. The lowest BCUT2D eigenvalue weighted by Gasteiger charge is -2.08. The number of aryl methyl sites for hydroxylation is 2. The standard InChI is InChI=1S/C21H17N3O3/c1-13-8-9-18-16(10-13)17(11-14(2)22-18)21(25)26-12-19-23-20(24-27-19)15-6-4-3-5-7-15/h3-11H,12H2,1-2H3. The van der Waals surface area contributed by atoms with Crippen LogP contribution in [0.4, 0.5) is 0 Å². The van der Waals surface area contributed by atoms with Crippen molar-refractivity contribution in [2.24, 2.45) is 0 Å². The molecule has 0 atom stereocenters. The molecular formula is C21H17N3O3. The summed E-state index contributed by atoms with van der Waals surface area (Å²) >= 11 is 0. The zero-order valence-corrected chi connectivity index (χ0v) is 15.0. The molecule has 0 spiro atoms. The van der Waals surface area contributed by atoms with Crippen molar-refractivity contribution in [1.29, 1.82) is 0 Å². The van der Waals surface area contributed by atoms with Crippen LogP contribution >= 0.6 is 0 Å². The van der Waals surface area contributed by atoms with Gasteiger partial charge in [0.1, 0.15) is 0 Å². The highest BCUT2D eigenvalue weighted by Crippen LogP contribution is 2.21. The first-order valence-electron chi connectivity index (χ1n) is 8.53. The molecule has 0 aliphatic heterocycles. The van der Waals surface area contributed by atoms with Crippen molar-refractivity contribution in [3.05, 3.63) is 77.3 Å². The highest BCUT2D eigenvalue weighted by atomic mass is 16.6. The summed E-state index contributed by atoms with van der Waals surface area (Å²) in [6, 6.07) is 17.0. The second kappa shape index (κ2) is 6.99. The molecule has 27 heavy (non-hydrogen) atoms. The van der Waals surface area contributed by atoms with Gasteiger partial charge in [-0.3, -0.25) is 4.98 Å². The zero-order chi connectivity index (χ0) is 18.8. The van der Waals surface area contributed by atoms with Crippen LogP contribution < -0.4 is 0 Å². The number of esters is 1. The van der Waals surface area contributed by atoms with Crippen LogP contribution in [0, 0.1) is 13.8 Å². The van der Waals surface area contributed by atoms with E-state index < -0.39 is 5.97 Å². The van der Waals surface area contributed by atoms with Gasteiger partial charge in [0.2, 0.25) is 5.82 Å². The number of carbonyl (C=O) groups excluding carboxylic acids is 1. The van der Waals surface area contributed by atoms with E-state index in [4.69, 9.17) is 9.26 Å². The van der Waals surface area contributed by atoms with Gasteiger partial charge in [-0.25, -0.2) is 4.79 Å². The maximum Gasteiger partial charge on any atom is 0.339 e. The third-order valence-electron chi connectivity index (χ3n) is 4.14. The number of nitrogens with zero attached hydrogens (tertiary/aromatic N) is 3. The molecule has 0 radical (unpaired) electrons. The Morgan fingerprint density at radius 2 is 1.85 bits per heavy atom. The van der Waals surface area contributed by atoms with Gasteiger partial charge >= 0.3 is 5.97 Å². The lowest BCUT2D eigenvalue weighted by molar-refractivity contribution is 0.0432. The SMILES string of the molecule is Cc1ccc2nc(C)cc(C(=O)OCc3nc(-c4ccccc4)no3)c2c1. The van der Waals surface area contributed by atoms with Crippen LogP contribution in [0.25, 0.3) is 22.3 Å². The van der Waals surface area contributed by atoms with Crippen LogP contribution in [0.3, 0.4) is 0 Å². The lowest BCUT2D eigenvalue weighted by Crippen LogP contribution is -2.07. The van der Waals surface area contributed by atoms with Crippen LogP contribution in [-0.4, -0.2) is 21.1 Å². The van der Waals surface area contributed by atoms with Gasteiger partial charge in [-0.2, -0.15) is 4.98 Å². The summed E-state index contributed by atoms with van der Waals surface area (Å²) in [5.41, 5.74) is 3.87. The predicted molar refractivity (Wildman–Crippen MR) is 100 cm³/mol. The minimum atomic E-state index is -0.449. The Morgan fingerprint density at radius 3 is 2.67 bits per heavy atom. The molecule has 0 aliphatic carbocycles. The third-order valence-corrected chi connectivity index (χ3v) is 4.14. The van der Waals surface area contributed by atoms with Gasteiger partial charge in [0.05, 0.1) is 11.1 Å². The van der Waals surface area contributed by atoms with Crippen molar-refractivity contribution >= 4 is 16.9 Å². The van der Waals surface area contributed by atoms with Crippen molar-refractivity contribution in [1.82, 2.24) is 15.1 Å². The Bertz CT molecular complexity index is 1120. The van der Waals surface area contributed by atoms with Crippen LogP contribution in [0.1, 0.15) is 27.5 Å². The minimum Gasteiger partial charge on any atom is -0.452 e. The van der Waals surface area contributed by atoms with Crippen LogP contribution in [0.2, 0.25) is 0 Å². The van der Waals surface area contributed by atoms with Crippen molar-refractivity contribution in [2.45, 2.75) is 20.5 Å². The summed E-state index contributed by atoms with van der Waals surface area (Å²) in [7, 11) is 0. The maximum atomic E-state index is 12.6. The molecule has 4 aromatic rings. The monoisotopic (exact) mass is 359 g/mol. The number of aromatic nitrogens is 3. The summed E-state index contributed by atoms with van der Waals surface area (Å²) in [5, 5.41) is 4.69. The van der Waals surface area contributed by atoms with Gasteiger partial charge in [0.15, 0.2) is 6.61 Å². The van der Waals surface area contributed by atoms with Crippen molar-refractivity contribution in [2.75, 3.05) is 0 Å². The molecule has 6 nitrogen and oxygen atoms in total. The topological polar surface area (TPSA) is 78.1 Å². The van der Waals surface area contributed by atoms with Gasteiger partial charge in [0, 0.05) is 16.6 Å². The van der Waals surface area contributed by atoms with E-state index in [1.54, 1.807) is 6.07 Å². The maximum absolute atomic E-state index is 12.6. The molecular weight excluding hydrogens is 342 g/mol. The van der Waals surface area contributed by atoms with E-state index in [0.29, 0.717) is 11.4 Å². The highest BCUT2D eigenvalue weighted by Gasteiger charge is 2.16. The molecule has 0 fully saturated rings. The number of carbonyl (C=O) groups is 1. The Morgan fingerprint density at radius 1 is 1.04 bits per heavy atom. The fourth-order valence-corrected chi connectivity index (χ4v) is 2.86. The van der Waals surface area contributed by atoms with Gasteiger partial charge in [0.25, 0.3) is 5.89 Å². The van der Waals surface area contributed by atoms with Gasteiger partial charge < -0.3 is 9.26 Å². The lowest BCUT2D eigenvalue weighted by atomic mass is 10.1. The normalized spacial score (nSPS) is 10.9. The Kier molecular flexibility index (Phi) is 4.38. The average Bonchev–Trinajstić information content (AvgIpc) is 3.15. The Labute approximate surface area is 155 Å². The van der Waals surface area contributed by atoms with E-state index in [-0.39, 0.29) is 12.5 Å². The number of fused-ring (bicyclic) bond motifs is 1. The van der Waals surface area contributed by atoms with Crippen molar-refractivity contribution in [3.8, 4) is 11.4 Å². The Hall–Kier alpha value is -3.54. The second-order valence-electron chi connectivity index (χ2n) is 6.29. The third kappa shape index (κ3) is 3.55. The first-order valence-corrected chi connectivity index (χ1v) is 8.53. The molecule has 2 heterocycles. The van der Waals surface area contributed by atoms with Crippen molar-refractivity contribution in [3.63, 3.8) is 0 Å². The fourth-order valence-electron chi connectivity index (χ4n) is 2.86. The number of pyridine rings is 1. The van der Waals surface area contributed by atoms with E-state index in [0.717, 1.165) is 27.7 Å². The first-order chi connectivity index (χ1) is 13.1. The van der Waals surface area contributed by atoms with E-state index in [9.17, 15) is 4.79 Å². The molecule has 2 aromatic heterocycles. The van der Waals surface area contributed by atoms with Crippen molar-refractivity contribution < 1.29 is 14.1 Å². The van der Waals surface area contributed by atoms with Gasteiger partial charge in [-0.15, -0.1) is 0 Å². The van der Waals surface area contributed by atoms with Gasteiger partial charge in [-0.05, 0) is 32.0 Å². The second-order valence-corrected chi connectivity index (χ2v) is 6.29. The highest BCUT2D eigenvalue weighted by molar-refractivity contribution is 6.03. The number of benzene rings is 2. The summed E-state index contributed by atoms with van der Waals surface area (Å²) < 4.78 is 10.6. The van der Waals surface area contributed by atoms with Crippen LogP contribution in [-0.2, 0) is 11.3 Å². The molecule has 0 saturated carbocycles. The molecule has 2 aromatic carbocycles. The molecule has 6 heteroatoms. The average molecular weight is 359 g/mol. The molecule has 0 amide bonds. The Balaban J connectivity index is 1.54. The van der Waals surface area contributed by atoms with E-state index >= 15 is 0 Å². The number of rotatable bonds is 4. The van der Waals surface area contributed by atoms with Gasteiger partial charge in [-0.1, -0.05) is 47.1 Å². The molecule has 0 bridgehead atoms. The minimum absolute atomic E-state index is 0.0899. The van der Waals surface area contributed by atoms with E-state index in [1.165, 1.54) is 0 Å².